The Morgan fingerprint density at radius 2 is 2.26 bits per heavy atom. The zero-order valence-corrected chi connectivity index (χ0v) is 13.1. The second-order valence-corrected chi connectivity index (χ2v) is 6.22. The van der Waals surface area contributed by atoms with Crippen LogP contribution in [0.1, 0.15) is 26.7 Å². The topological polar surface area (TPSA) is 40.9 Å². The van der Waals surface area contributed by atoms with Crippen LogP contribution < -0.4 is 0 Å². The number of benzene rings is 1. The Balaban J connectivity index is 2.41. The average molecular weight is 355 g/mol. The van der Waals surface area contributed by atoms with Crippen LogP contribution in [0.4, 0.5) is 0 Å². The van der Waals surface area contributed by atoms with Gasteiger partial charge in [0.05, 0.1) is 16.0 Å². The first kappa shape index (κ1) is 14.3. The van der Waals surface area contributed by atoms with Crippen molar-refractivity contribution in [2.24, 2.45) is 0 Å². The van der Waals surface area contributed by atoms with Gasteiger partial charge in [0.25, 0.3) is 0 Å². The highest BCUT2D eigenvalue weighted by atomic mass is 79.9. The summed E-state index contributed by atoms with van der Waals surface area (Å²) in [6.45, 7) is 1.84. The molecule has 1 atom stereocenters. The van der Waals surface area contributed by atoms with Gasteiger partial charge in [0.2, 0.25) is 0 Å². The molecule has 0 radical (unpaired) electrons. The minimum Gasteiger partial charge on any atom is -0.291 e. The SMILES string of the molecule is Cc1csc(C(=O)C(C#N)c2cccc(Br)c2)c1Cl. The molecule has 1 unspecified atom stereocenters. The van der Waals surface area contributed by atoms with E-state index in [1.54, 1.807) is 18.2 Å². The predicted octanol–water partition coefficient (Wildman–Crippen LogP) is 4.96. The molecule has 19 heavy (non-hydrogen) atoms. The molecule has 0 saturated carbocycles. The molecule has 0 aliphatic rings. The molecule has 0 amide bonds. The third-order valence-electron chi connectivity index (χ3n) is 2.70. The van der Waals surface area contributed by atoms with Gasteiger partial charge in [-0.15, -0.1) is 11.3 Å². The largest absolute Gasteiger partial charge is 0.291 e. The summed E-state index contributed by atoms with van der Waals surface area (Å²) in [6, 6.07) is 9.26. The number of Topliss-reactive ketones (excluding diaryl/α,β-unsaturated/α-hetero) is 1. The number of thiophene rings is 1. The van der Waals surface area contributed by atoms with E-state index in [4.69, 9.17) is 11.6 Å². The minimum atomic E-state index is -0.826. The molecule has 1 aromatic heterocycles. The van der Waals surface area contributed by atoms with Crippen LogP contribution in [0.5, 0.6) is 0 Å². The molecule has 0 aliphatic heterocycles. The maximum absolute atomic E-state index is 12.4. The fraction of sp³-hybridized carbons (Fsp3) is 0.143. The van der Waals surface area contributed by atoms with Gasteiger partial charge in [-0.05, 0) is 35.6 Å². The molecule has 2 rings (SSSR count). The zero-order valence-electron chi connectivity index (χ0n) is 9.98. The number of halogens is 2. The van der Waals surface area contributed by atoms with E-state index in [9.17, 15) is 10.1 Å². The summed E-state index contributed by atoms with van der Waals surface area (Å²) in [6.07, 6.45) is 0. The van der Waals surface area contributed by atoms with E-state index in [0.29, 0.717) is 15.5 Å². The van der Waals surface area contributed by atoms with Crippen LogP contribution in [0.25, 0.3) is 0 Å². The van der Waals surface area contributed by atoms with E-state index in [1.165, 1.54) is 11.3 Å². The van der Waals surface area contributed by atoms with Crippen molar-refractivity contribution >= 4 is 44.7 Å². The van der Waals surface area contributed by atoms with Crippen LogP contribution in [0, 0.1) is 18.3 Å². The molecule has 96 valence electrons. The number of carbonyl (C=O) groups is 1. The van der Waals surface area contributed by atoms with Crippen molar-refractivity contribution in [3.05, 3.63) is 55.1 Å². The number of ketones is 1. The predicted molar refractivity (Wildman–Crippen MR) is 80.9 cm³/mol. The maximum atomic E-state index is 12.4. The van der Waals surface area contributed by atoms with Crippen molar-refractivity contribution in [1.82, 2.24) is 0 Å². The number of rotatable bonds is 3. The molecule has 0 fully saturated rings. The molecule has 0 saturated heterocycles. The van der Waals surface area contributed by atoms with Gasteiger partial charge in [-0.1, -0.05) is 39.7 Å². The first-order chi connectivity index (χ1) is 9.04. The zero-order chi connectivity index (χ0) is 14.0. The Morgan fingerprint density at radius 1 is 1.53 bits per heavy atom. The molecule has 0 N–H and O–H groups in total. The van der Waals surface area contributed by atoms with Gasteiger partial charge < -0.3 is 0 Å². The molecular weight excluding hydrogens is 346 g/mol. The van der Waals surface area contributed by atoms with Crippen molar-refractivity contribution in [2.45, 2.75) is 12.8 Å². The van der Waals surface area contributed by atoms with Gasteiger partial charge in [0.15, 0.2) is 5.78 Å². The lowest BCUT2D eigenvalue weighted by Crippen LogP contribution is -2.10. The Morgan fingerprint density at radius 3 is 2.79 bits per heavy atom. The Hall–Kier alpha value is -1.15. The highest BCUT2D eigenvalue weighted by Crippen LogP contribution is 2.32. The van der Waals surface area contributed by atoms with Crippen LogP contribution in [-0.2, 0) is 0 Å². The van der Waals surface area contributed by atoms with Gasteiger partial charge in [-0.3, -0.25) is 4.79 Å². The van der Waals surface area contributed by atoms with Crippen LogP contribution in [-0.4, -0.2) is 5.78 Å². The summed E-state index contributed by atoms with van der Waals surface area (Å²) < 4.78 is 0.839. The summed E-state index contributed by atoms with van der Waals surface area (Å²) >= 11 is 10.7. The quantitative estimate of drug-likeness (QED) is 0.731. The Bertz CT molecular complexity index is 674. The normalized spacial score (nSPS) is 11.9. The minimum absolute atomic E-state index is 0.247. The smallest absolute Gasteiger partial charge is 0.195 e. The summed E-state index contributed by atoms with van der Waals surface area (Å²) in [7, 11) is 0. The van der Waals surface area contributed by atoms with Gasteiger partial charge >= 0.3 is 0 Å². The summed E-state index contributed by atoms with van der Waals surface area (Å²) in [4.78, 5) is 12.9. The Labute approximate surface area is 128 Å². The molecule has 0 aliphatic carbocycles. The number of aryl methyl sites for hydroxylation is 1. The number of nitriles is 1. The van der Waals surface area contributed by atoms with Gasteiger partial charge in [-0.2, -0.15) is 5.26 Å². The molecule has 1 heterocycles. The van der Waals surface area contributed by atoms with E-state index in [0.717, 1.165) is 10.0 Å². The van der Waals surface area contributed by atoms with Gasteiger partial charge in [0, 0.05) is 4.47 Å². The molecule has 1 aromatic carbocycles. The number of hydrogen-bond acceptors (Lipinski definition) is 3. The van der Waals surface area contributed by atoms with Crippen molar-refractivity contribution in [3.8, 4) is 6.07 Å². The lowest BCUT2D eigenvalue weighted by molar-refractivity contribution is 0.0983. The highest BCUT2D eigenvalue weighted by molar-refractivity contribution is 9.10. The lowest BCUT2D eigenvalue weighted by atomic mass is 9.95. The van der Waals surface area contributed by atoms with Crippen molar-refractivity contribution in [1.29, 1.82) is 5.26 Å². The van der Waals surface area contributed by atoms with E-state index in [2.05, 4.69) is 22.0 Å². The summed E-state index contributed by atoms with van der Waals surface area (Å²) in [5.41, 5.74) is 1.53. The average Bonchev–Trinajstić information content (AvgIpc) is 2.71. The number of carbonyl (C=O) groups excluding carboxylic acids is 1. The lowest BCUT2D eigenvalue weighted by Gasteiger charge is -2.08. The summed E-state index contributed by atoms with van der Waals surface area (Å²) in [5, 5.41) is 11.5. The van der Waals surface area contributed by atoms with Crippen molar-refractivity contribution < 1.29 is 4.79 Å². The fourth-order valence-corrected chi connectivity index (χ4v) is 3.37. The fourth-order valence-electron chi connectivity index (χ4n) is 1.70. The molecule has 5 heteroatoms. The van der Waals surface area contributed by atoms with Crippen molar-refractivity contribution in [3.63, 3.8) is 0 Å². The maximum Gasteiger partial charge on any atom is 0.195 e. The van der Waals surface area contributed by atoms with Crippen LogP contribution in [0.2, 0.25) is 5.02 Å². The molecule has 0 bridgehead atoms. The first-order valence-electron chi connectivity index (χ1n) is 5.47. The second kappa shape index (κ2) is 5.87. The highest BCUT2D eigenvalue weighted by Gasteiger charge is 2.25. The van der Waals surface area contributed by atoms with Gasteiger partial charge in [0.1, 0.15) is 5.92 Å². The standard InChI is InChI=1S/C14H9BrClNOS/c1-8-7-19-14(12(8)16)13(18)11(6-17)9-3-2-4-10(15)5-9/h2-5,7,11H,1H3. The van der Waals surface area contributed by atoms with E-state index >= 15 is 0 Å². The second-order valence-electron chi connectivity index (χ2n) is 4.04. The van der Waals surface area contributed by atoms with Crippen LogP contribution in [0.3, 0.4) is 0 Å². The monoisotopic (exact) mass is 353 g/mol. The number of hydrogen-bond donors (Lipinski definition) is 0. The number of nitrogens with zero attached hydrogens (tertiary/aromatic N) is 1. The van der Waals surface area contributed by atoms with Crippen LogP contribution >= 0.6 is 38.9 Å². The summed E-state index contributed by atoms with van der Waals surface area (Å²) in [5.74, 6) is -1.07. The van der Waals surface area contributed by atoms with Gasteiger partial charge in [-0.25, -0.2) is 0 Å². The molecule has 0 spiro atoms. The first-order valence-corrected chi connectivity index (χ1v) is 7.52. The van der Waals surface area contributed by atoms with E-state index in [1.807, 2.05) is 18.4 Å². The van der Waals surface area contributed by atoms with E-state index < -0.39 is 5.92 Å². The van der Waals surface area contributed by atoms with E-state index in [-0.39, 0.29) is 5.78 Å². The van der Waals surface area contributed by atoms with Crippen LogP contribution in [0.15, 0.2) is 34.1 Å². The third-order valence-corrected chi connectivity index (χ3v) is 4.90. The third kappa shape index (κ3) is 2.89. The Kier molecular flexibility index (Phi) is 4.41. The molecule has 2 aromatic rings. The molecule has 2 nitrogen and oxygen atoms in total. The molecular formula is C14H9BrClNOS. The van der Waals surface area contributed by atoms with Crippen molar-refractivity contribution in [2.75, 3.05) is 0 Å².